The van der Waals surface area contributed by atoms with Crippen molar-refractivity contribution < 1.29 is 9.59 Å². The zero-order chi connectivity index (χ0) is 22.6. The highest BCUT2D eigenvalue weighted by molar-refractivity contribution is 5.99. The summed E-state index contributed by atoms with van der Waals surface area (Å²) in [5.74, 6) is 0.417. The van der Waals surface area contributed by atoms with Crippen molar-refractivity contribution in [2.45, 2.75) is 76.8 Å². The molecule has 3 heterocycles. The highest BCUT2D eigenvalue weighted by Crippen LogP contribution is 2.41. The van der Waals surface area contributed by atoms with Crippen molar-refractivity contribution in [2.75, 3.05) is 11.9 Å². The Kier molecular flexibility index (Phi) is 5.14. The first kappa shape index (κ1) is 21.2. The van der Waals surface area contributed by atoms with Crippen LogP contribution in [0.3, 0.4) is 0 Å². The summed E-state index contributed by atoms with van der Waals surface area (Å²) in [6.07, 6.45) is 3.38. The average molecular weight is 437 g/mol. The van der Waals surface area contributed by atoms with E-state index >= 15 is 0 Å². The van der Waals surface area contributed by atoms with Gasteiger partial charge in [-0.25, -0.2) is 10.4 Å². The smallest absolute Gasteiger partial charge is 0.254 e. The Bertz CT molecular complexity index is 976. The van der Waals surface area contributed by atoms with E-state index in [1.54, 1.807) is 0 Å². The minimum Gasteiger partial charge on any atom is -0.368 e. The SMILES string of the molecule is CC(C)(C)N1Cc2cc(NC3NN([C@@H](CC#N)C4CC4)C4CCNC(=O)C34)ccc2C1=O. The van der Waals surface area contributed by atoms with Gasteiger partial charge in [0.25, 0.3) is 5.91 Å². The van der Waals surface area contributed by atoms with Gasteiger partial charge in [0.2, 0.25) is 5.91 Å². The van der Waals surface area contributed by atoms with Gasteiger partial charge in [-0.3, -0.25) is 9.59 Å². The van der Waals surface area contributed by atoms with E-state index in [1.807, 2.05) is 43.9 Å². The summed E-state index contributed by atoms with van der Waals surface area (Å²) in [6, 6.07) is 8.42. The molecule has 8 heteroatoms. The maximum Gasteiger partial charge on any atom is 0.254 e. The van der Waals surface area contributed by atoms with Crippen LogP contribution in [0.2, 0.25) is 0 Å². The van der Waals surface area contributed by atoms with Gasteiger partial charge < -0.3 is 15.5 Å². The lowest BCUT2D eigenvalue weighted by atomic mass is 9.90. The van der Waals surface area contributed by atoms with Crippen LogP contribution in [0.15, 0.2) is 18.2 Å². The molecule has 0 radical (unpaired) electrons. The first-order chi connectivity index (χ1) is 15.3. The highest BCUT2D eigenvalue weighted by atomic mass is 16.2. The molecule has 1 saturated carbocycles. The van der Waals surface area contributed by atoms with Crippen LogP contribution in [0, 0.1) is 23.2 Å². The topological polar surface area (TPSA) is 100 Å². The molecule has 5 rings (SSSR count). The first-order valence-corrected chi connectivity index (χ1v) is 11.7. The number of nitrogens with zero attached hydrogens (tertiary/aromatic N) is 3. The quantitative estimate of drug-likeness (QED) is 0.654. The van der Waals surface area contributed by atoms with E-state index in [9.17, 15) is 14.9 Å². The molecule has 1 aliphatic carbocycles. The van der Waals surface area contributed by atoms with Gasteiger partial charge in [0.15, 0.2) is 0 Å². The van der Waals surface area contributed by atoms with Crippen LogP contribution in [0.1, 0.15) is 62.4 Å². The molecular formula is C24H32N6O2. The number of carbonyl (C=O) groups excluding carboxylic acids is 2. The molecule has 2 saturated heterocycles. The van der Waals surface area contributed by atoms with Crippen molar-refractivity contribution in [3.8, 4) is 6.07 Å². The number of benzene rings is 1. The molecule has 1 aromatic rings. The summed E-state index contributed by atoms with van der Waals surface area (Å²) in [5.41, 5.74) is 5.98. The van der Waals surface area contributed by atoms with Gasteiger partial charge in [0.1, 0.15) is 6.17 Å². The van der Waals surface area contributed by atoms with E-state index in [-0.39, 0.29) is 41.5 Å². The number of carbonyl (C=O) groups is 2. The van der Waals surface area contributed by atoms with E-state index in [4.69, 9.17) is 0 Å². The molecule has 3 fully saturated rings. The predicted molar refractivity (Wildman–Crippen MR) is 120 cm³/mol. The number of hydrazine groups is 1. The fraction of sp³-hybridized carbons (Fsp3) is 0.625. The van der Waals surface area contributed by atoms with Crippen molar-refractivity contribution in [1.29, 1.82) is 5.26 Å². The summed E-state index contributed by atoms with van der Waals surface area (Å²) in [4.78, 5) is 27.5. The number of nitriles is 1. The van der Waals surface area contributed by atoms with Crippen LogP contribution in [-0.4, -0.2) is 52.1 Å². The second-order valence-electron chi connectivity index (χ2n) is 10.5. The van der Waals surface area contributed by atoms with E-state index in [0.717, 1.165) is 36.1 Å². The highest BCUT2D eigenvalue weighted by Gasteiger charge is 2.52. The average Bonchev–Trinajstić information content (AvgIpc) is 3.43. The number of piperidine rings is 1. The molecule has 1 aromatic carbocycles. The molecule has 3 aliphatic heterocycles. The summed E-state index contributed by atoms with van der Waals surface area (Å²) in [7, 11) is 0. The summed E-state index contributed by atoms with van der Waals surface area (Å²) < 4.78 is 0. The molecule has 2 amide bonds. The van der Waals surface area contributed by atoms with Gasteiger partial charge in [0, 0.05) is 42.0 Å². The number of nitrogens with one attached hydrogen (secondary N) is 3. The van der Waals surface area contributed by atoms with Gasteiger partial charge in [-0.2, -0.15) is 5.26 Å². The Labute approximate surface area is 189 Å². The lowest BCUT2D eigenvalue weighted by Crippen LogP contribution is -2.52. The van der Waals surface area contributed by atoms with E-state index in [1.165, 1.54) is 0 Å². The van der Waals surface area contributed by atoms with Crippen molar-refractivity contribution in [3.05, 3.63) is 29.3 Å². The Hall–Kier alpha value is -2.63. The second kappa shape index (κ2) is 7.75. The Morgan fingerprint density at radius 1 is 1.25 bits per heavy atom. The Morgan fingerprint density at radius 2 is 2.03 bits per heavy atom. The number of rotatable bonds is 5. The number of anilines is 1. The standard InChI is InChI=1S/C24H32N6O2/c1-24(2,3)29-13-15-12-16(6-7-17(15)23(29)32)27-21-20-19(9-11-26-22(20)31)30(28-21)18(8-10-25)14-4-5-14/h6-7,12,14,18-21,27-28H,4-5,8-9,11,13H2,1-3H3,(H,26,31)/t18-,19?,20?,21?/m0/s1. The molecule has 4 aliphatic rings. The van der Waals surface area contributed by atoms with Gasteiger partial charge >= 0.3 is 0 Å². The minimum atomic E-state index is -0.255. The normalized spacial score (nSPS) is 28.7. The maximum atomic E-state index is 12.8. The first-order valence-electron chi connectivity index (χ1n) is 11.7. The number of fused-ring (bicyclic) bond motifs is 2. The van der Waals surface area contributed by atoms with E-state index in [0.29, 0.717) is 25.4 Å². The second-order valence-corrected chi connectivity index (χ2v) is 10.5. The van der Waals surface area contributed by atoms with Gasteiger partial charge in [-0.15, -0.1) is 0 Å². The third-order valence-corrected chi connectivity index (χ3v) is 7.33. The van der Waals surface area contributed by atoms with Crippen LogP contribution in [0.25, 0.3) is 0 Å². The van der Waals surface area contributed by atoms with Crippen molar-refractivity contribution in [2.24, 2.45) is 11.8 Å². The van der Waals surface area contributed by atoms with Crippen LogP contribution >= 0.6 is 0 Å². The maximum absolute atomic E-state index is 12.8. The van der Waals surface area contributed by atoms with Crippen molar-refractivity contribution in [3.63, 3.8) is 0 Å². The van der Waals surface area contributed by atoms with Gasteiger partial charge in [-0.05, 0) is 69.7 Å². The number of hydrogen-bond acceptors (Lipinski definition) is 6. The van der Waals surface area contributed by atoms with E-state index < -0.39 is 0 Å². The largest absolute Gasteiger partial charge is 0.368 e. The van der Waals surface area contributed by atoms with Crippen molar-refractivity contribution in [1.82, 2.24) is 20.7 Å². The van der Waals surface area contributed by atoms with Crippen LogP contribution in [0.5, 0.6) is 0 Å². The zero-order valence-corrected chi connectivity index (χ0v) is 19.0. The molecule has 0 spiro atoms. The Balaban J connectivity index is 1.38. The molecule has 170 valence electrons. The third-order valence-electron chi connectivity index (χ3n) is 7.33. The molecule has 3 N–H and O–H groups in total. The van der Waals surface area contributed by atoms with Crippen LogP contribution in [0.4, 0.5) is 5.69 Å². The summed E-state index contributed by atoms with van der Waals surface area (Å²) in [6.45, 7) is 7.40. The van der Waals surface area contributed by atoms with Gasteiger partial charge in [0.05, 0.1) is 18.4 Å². The number of hydrogen-bond donors (Lipinski definition) is 3. The fourth-order valence-electron chi connectivity index (χ4n) is 5.50. The Morgan fingerprint density at radius 3 is 2.72 bits per heavy atom. The minimum absolute atomic E-state index is 0.0514. The lowest BCUT2D eigenvalue weighted by Gasteiger charge is -2.34. The monoisotopic (exact) mass is 436 g/mol. The summed E-state index contributed by atoms with van der Waals surface area (Å²) in [5, 5.41) is 18.1. The zero-order valence-electron chi connectivity index (χ0n) is 19.0. The third kappa shape index (κ3) is 3.63. The number of amides is 2. The molecule has 4 atom stereocenters. The molecule has 3 unspecified atom stereocenters. The summed E-state index contributed by atoms with van der Waals surface area (Å²) >= 11 is 0. The molecule has 0 aromatic heterocycles. The fourth-order valence-corrected chi connectivity index (χ4v) is 5.50. The molecular weight excluding hydrogens is 404 g/mol. The predicted octanol–water partition coefficient (Wildman–Crippen LogP) is 2.20. The van der Waals surface area contributed by atoms with Crippen LogP contribution in [-0.2, 0) is 11.3 Å². The molecule has 8 nitrogen and oxygen atoms in total. The van der Waals surface area contributed by atoms with Crippen LogP contribution < -0.4 is 16.1 Å². The molecule has 0 bridgehead atoms. The lowest BCUT2D eigenvalue weighted by molar-refractivity contribution is -0.128. The van der Waals surface area contributed by atoms with Gasteiger partial charge in [-0.1, -0.05) is 0 Å². The van der Waals surface area contributed by atoms with E-state index in [2.05, 4.69) is 27.1 Å². The van der Waals surface area contributed by atoms with Crippen molar-refractivity contribution >= 4 is 17.5 Å². The molecule has 32 heavy (non-hydrogen) atoms.